The van der Waals surface area contributed by atoms with Crippen LogP contribution in [0, 0.1) is 29.1 Å². The van der Waals surface area contributed by atoms with Gasteiger partial charge in [0.05, 0.1) is 6.07 Å². The summed E-state index contributed by atoms with van der Waals surface area (Å²) in [4.78, 5) is 11.3. The Bertz CT molecular complexity index is 255. The van der Waals surface area contributed by atoms with Crippen LogP contribution in [-0.4, -0.2) is 12.5 Å². The number of unbranched alkanes of at least 4 members (excludes halogenated alkanes) is 1. The van der Waals surface area contributed by atoms with Crippen LogP contribution in [0.25, 0.3) is 0 Å². The van der Waals surface area contributed by atoms with Crippen LogP contribution in [0.2, 0.25) is 0 Å². The van der Waals surface area contributed by atoms with Crippen LogP contribution >= 0.6 is 0 Å². The number of hydrogen-bond acceptors (Lipinski definition) is 2. The number of nitriles is 1. The molecule has 0 unspecified atom stereocenters. The van der Waals surface area contributed by atoms with Crippen molar-refractivity contribution in [3.05, 3.63) is 0 Å². The monoisotopic (exact) mass is 178 g/mol. The lowest BCUT2D eigenvalue weighted by molar-refractivity contribution is -0.126. The number of nitrogens with one attached hydrogen (secondary N) is 1. The van der Waals surface area contributed by atoms with E-state index in [0.717, 1.165) is 6.42 Å². The molecule has 0 aromatic rings. The summed E-state index contributed by atoms with van der Waals surface area (Å²) < 4.78 is 0. The van der Waals surface area contributed by atoms with Gasteiger partial charge in [0.1, 0.15) is 5.41 Å². The summed E-state index contributed by atoms with van der Waals surface area (Å²) in [6, 6.07) is 1.93. The molecule has 0 spiro atoms. The number of carbonyl (C=O) groups excluding carboxylic acids is 1. The molecule has 0 fully saturated rings. The van der Waals surface area contributed by atoms with Gasteiger partial charge in [-0.2, -0.15) is 5.26 Å². The van der Waals surface area contributed by atoms with Crippen molar-refractivity contribution in [3.63, 3.8) is 0 Å². The van der Waals surface area contributed by atoms with Gasteiger partial charge in [-0.25, -0.2) is 0 Å². The Kier molecular flexibility index (Phi) is 4.62. The van der Waals surface area contributed by atoms with Crippen molar-refractivity contribution in [2.24, 2.45) is 5.41 Å². The lowest BCUT2D eigenvalue weighted by Crippen LogP contribution is -2.36. The van der Waals surface area contributed by atoms with E-state index in [1.54, 1.807) is 13.8 Å². The molecular formula is C10H14N2O. The molecule has 0 rings (SSSR count). The first kappa shape index (κ1) is 11.5. The van der Waals surface area contributed by atoms with Gasteiger partial charge in [0, 0.05) is 13.0 Å². The number of carbonyl (C=O) groups is 1. The maximum absolute atomic E-state index is 11.3. The van der Waals surface area contributed by atoms with Crippen molar-refractivity contribution in [1.29, 1.82) is 5.26 Å². The highest BCUT2D eigenvalue weighted by Gasteiger charge is 2.26. The third kappa shape index (κ3) is 4.18. The number of amides is 1. The second-order valence-corrected chi connectivity index (χ2v) is 3.30. The third-order valence-corrected chi connectivity index (χ3v) is 1.63. The molecule has 0 radical (unpaired) electrons. The molecule has 0 atom stereocenters. The zero-order chi connectivity index (χ0) is 10.3. The smallest absolute Gasteiger partial charge is 0.239 e. The number of nitrogens with zero attached hydrogens (tertiary/aromatic N) is 1. The Morgan fingerprint density at radius 2 is 2.23 bits per heavy atom. The van der Waals surface area contributed by atoms with E-state index in [2.05, 4.69) is 11.2 Å². The maximum Gasteiger partial charge on any atom is 0.239 e. The molecule has 3 heteroatoms. The normalized spacial score (nSPS) is 9.85. The zero-order valence-electron chi connectivity index (χ0n) is 8.05. The van der Waals surface area contributed by atoms with Crippen LogP contribution in [0.5, 0.6) is 0 Å². The molecule has 0 aliphatic rings. The van der Waals surface area contributed by atoms with Gasteiger partial charge in [-0.15, -0.1) is 12.3 Å². The first-order chi connectivity index (χ1) is 6.04. The molecule has 1 amide bonds. The second kappa shape index (κ2) is 5.22. The molecule has 3 nitrogen and oxygen atoms in total. The average Bonchev–Trinajstić information content (AvgIpc) is 2.12. The summed E-state index contributed by atoms with van der Waals surface area (Å²) in [6.07, 6.45) is 6.44. The van der Waals surface area contributed by atoms with Crippen LogP contribution < -0.4 is 5.32 Å². The van der Waals surface area contributed by atoms with E-state index in [1.807, 2.05) is 6.07 Å². The zero-order valence-corrected chi connectivity index (χ0v) is 8.05. The fourth-order valence-electron chi connectivity index (χ4n) is 0.664. The Labute approximate surface area is 79.1 Å². The lowest BCUT2D eigenvalue weighted by atomic mass is 9.95. The highest BCUT2D eigenvalue weighted by Crippen LogP contribution is 2.12. The van der Waals surface area contributed by atoms with Gasteiger partial charge in [-0.05, 0) is 20.3 Å². The minimum Gasteiger partial charge on any atom is -0.355 e. The van der Waals surface area contributed by atoms with Crippen molar-refractivity contribution in [1.82, 2.24) is 5.32 Å². The van der Waals surface area contributed by atoms with Crippen LogP contribution in [-0.2, 0) is 4.79 Å². The van der Waals surface area contributed by atoms with E-state index in [1.165, 1.54) is 0 Å². The van der Waals surface area contributed by atoms with Crippen LogP contribution in [0.3, 0.4) is 0 Å². The third-order valence-electron chi connectivity index (χ3n) is 1.63. The molecule has 13 heavy (non-hydrogen) atoms. The van der Waals surface area contributed by atoms with Crippen molar-refractivity contribution in [2.45, 2.75) is 26.7 Å². The molecule has 1 N–H and O–H groups in total. The van der Waals surface area contributed by atoms with Gasteiger partial charge in [-0.1, -0.05) is 0 Å². The average molecular weight is 178 g/mol. The molecule has 0 heterocycles. The highest BCUT2D eigenvalue weighted by atomic mass is 16.2. The van der Waals surface area contributed by atoms with E-state index >= 15 is 0 Å². The van der Waals surface area contributed by atoms with Crippen molar-refractivity contribution in [2.75, 3.05) is 6.54 Å². The molecule has 0 aromatic carbocycles. The molecule has 70 valence electrons. The summed E-state index contributed by atoms with van der Waals surface area (Å²) in [5, 5.41) is 11.3. The van der Waals surface area contributed by atoms with Crippen LogP contribution in [0.15, 0.2) is 0 Å². The summed E-state index contributed by atoms with van der Waals surface area (Å²) in [6.45, 7) is 3.71. The first-order valence-electron chi connectivity index (χ1n) is 4.17. The molecule has 0 aromatic heterocycles. The summed E-state index contributed by atoms with van der Waals surface area (Å²) in [5.41, 5.74) is -0.948. The van der Waals surface area contributed by atoms with Crippen LogP contribution in [0.1, 0.15) is 26.7 Å². The van der Waals surface area contributed by atoms with E-state index in [0.29, 0.717) is 13.0 Å². The van der Waals surface area contributed by atoms with E-state index in [4.69, 9.17) is 11.7 Å². The molecule has 0 saturated carbocycles. The van der Waals surface area contributed by atoms with Gasteiger partial charge in [0.2, 0.25) is 5.91 Å². The van der Waals surface area contributed by atoms with Gasteiger partial charge in [0.15, 0.2) is 0 Å². The number of rotatable bonds is 4. The molecule has 0 bridgehead atoms. The minimum atomic E-state index is -0.948. The van der Waals surface area contributed by atoms with E-state index in [-0.39, 0.29) is 5.91 Å². The summed E-state index contributed by atoms with van der Waals surface area (Å²) in [7, 11) is 0. The maximum atomic E-state index is 11.3. The van der Waals surface area contributed by atoms with E-state index in [9.17, 15) is 4.79 Å². The molecule has 0 saturated heterocycles. The highest BCUT2D eigenvalue weighted by molar-refractivity contribution is 5.84. The van der Waals surface area contributed by atoms with E-state index < -0.39 is 5.41 Å². The Balaban J connectivity index is 3.78. The predicted molar refractivity (Wildman–Crippen MR) is 50.5 cm³/mol. The summed E-state index contributed by atoms with van der Waals surface area (Å²) in [5.74, 6) is 2.23. The van der Waals surface area contributed by atoms with Crippen molar-refractivity contribution < 1.29 is 4.79 Å². The fraction of sp³-hybridized carbons (Fsp3) is 0.600. The van der Waals surface area contributed by atoms with Crippen molar-refractivity contribution >= 4 is 5.91 Å². The molecular weight excluding hydrogens is 164 g/mol. The first-order valence-corrected chi connectivity index (χ1v) is 4.17. The fourth-order valence-corrected chi connectivity index (χ4v) is 0.664. The van der Waals surface area contributed by atoms with Crippen LogP contribution in [0.4, 0.5) is 0 Å². The van der Waals surface area contributed by atoms with Gasteiger partial charge < -0.3 is 5.32 Å². The number of terminal acetylenes is 1. The molecule has 0 aliphatic heterocycles. The standard InChI is InChI=1S/C10H14N2O/c1-4-5-6-7-12-9(13)10(2,3)8-11/h1H,5-7H2,2-3H3,(H,12,13). The number of hydrogen-bond donors (Lipinski definition) is 1. The largest absolute Gasteiger partial charge is 0.355 e. The quantitative estimate of drug-likeness (QED) is 0.517. The minimum absolute atomic E-state index is 0.243. The Morgan fingerprint density at radius 1 is 1.62 bits per heavy atom. The van der Waals surface area contributed by atoms with Gasteiger partial charge >= 0.3 is 0 Å². The molecule has 0 aliphatic carbocycles. The Hall–Kier alpha value is -1.48. The van der Waals surface area contributed by atoms with Gasteiger partial charge in [0.25, 0.3) is 0 Å². The Morgan fingerprint density at radius 3 is 2.69 bits per heavy atom. The SMILES string of the molecule is C#CCCCNC(=O)C(C)(C)C#N. The van der Waals surface area contributed by atoms with Gasteiger partial charge in [-0.3, -0.25) is 4.79 Å². The predicted octanol–water partition coefficient (Wildman–Crippen LogP) is 1.07. The topological polar surface area (TPSA) is 52.9 Å². The second-order valence-electron chi connectivity index (χ2n) is 3.30. The van der Waals surface area contributed by atoms with Crippen molar-refractivity contribution in [3.8, 4) is 18.4 Å². The lowest BCUT2D eigenvalue weighted by Gasteiger charge is -2.14. The summed E-state index contributed by atoms with van der Waals surface area (Å²) >= 11 is 0.